The van der Waals surface area contributed by atoms with Crippen LogP contribution in [-0.2, 0) is 0 Å². The molecule has 0 aromatic carbocycles. The van der Waals surface area contributed by atoms with Gasteiger partial charge in [0.1, 0.15) is 0 Å². The van der Waals surface area contributed by atoms with Gasteiger partial charge in [0.05, 0.1) is 0 Å². The Bertz CT molecular complexity index is 120. The lowest BCUT2D eigenvalue weighted by atomic mass is 9.97. The minimum Gasteiger partial charge on any atom is -0.100 e. The number of hydrogen-bond acceptors (Lipinski definition) is 0. The third-order valence-corrected chi connectivity index (χ3v) is 1.50. The lowest BCUT2D eigenvalue weighted by molar-refractivity contribution is 0.676. The Balaban J connectivity index is 3.63. The molecule has 0 heterocycles. The average molecular weight is 124 g/mol. The van der Waals surface area contributed by atoms with Gasteiger partial charge in [0, 0.05) is 0 Å². The molecule has 0 radical (unpaired) electrons. The molecule has 0 fully saturated rings. The van der Waals surface area contributed by atoms with Gasteiger partial charge in [0.25, 0.3) is 0 Å². The van der Waals surface area contributed by atoms with Gasteiger partial charge < -0.3 is 0 Å². The van der Waals surface area contributed by atoms with Gasteiger partial charge in [-0.05, 0) is 26.2 Å². The molecule has 0 saturated heterocycles. The van der Waals surface area contributed by atoms with Crippen LogP contribution in [0.15, 0.2) is 24.3 Å². The summed E-state index contributed by atoms with van der Waals surface area (Å²) in [6.45, 7) is 14.0. The van der Waals surface area contributed by atoms with Crippen molar-refractivity contribution in [2.24, 2.45) is 5.92 Å². The van der Waals surface area contributed by atoms with Crippen LogP contribution < -0.4 is 0 Å². The summed E-state index contributed by atoms with van der Waals surface area (Å²) in [4.78, 5) is 0. The quantitative estimate of drug-likeness (QED) is 0.507. The molecule has 0 N–H and O–H groups in total. The van der Waals surface area contributed by atoms with Gasteiger partial charge in [-0.15, -0.1) is 6.58 Å². The van der Waals surface area contributed by atoms with Crippen LogP contribution in [0, 0.1) is 5.92 Å². The van der Waals surface area contributed by atoms with Gasteiger partial charge >= 0.3 is 0 Å². The largest absolute Gasteiger partial charge is 0.100 e. The minimum atomic E-state index is 0.600. The van der Waals surface area contributed by atoms with Gasteiger partial charge in [-0.25, -0.2) is 0 Å². The fraction of sp³-hybridized carbons (Fsp3) is 0.556. The standard InChI is InChI=1S/C9H16/c1-7(2)6-9(5)8(3)4/h9H,1,3,6H2,2,4-5H3. The molecule has 0 rings (SSSR count). The molecule has 9 heavy (non-hydrogen) atoms. The second-order valence-corrected chi connectivity index (χ2v) is 2.91. The van der Waals surface area contributed by atoms with E-state index in [2.05, 4.69) is 33.9 Å². The summed E-state index contributed by atoms with van der Waals surface area (Å²) >= 11 is 0. The van der Waals surface area contributed by atoms with Gasteiger partial charge in [-0.1, -0.05) is 24.6 Å². The zero-order valence-electron chi connectivity index (χ0n) is 6.70. The van der Waals surface area contributed by atoms with Gasteiger partial charge in [-0.3, -0.25) is 0 Å². The number of rotatable bonds is 3. The van der Waals surface area contributed by atoms with Gasteiger partial charge in [0.2, 0.25) is 0 Å². The zero-order chi connectivity index (χ0) is 7.44. The summed E-state index contributed by atoms with van der Waals surface area (Å²) < 4.78 is 0. The number of allylic oxidation sites excluding steroid dienone is 2. The van der Waals surface area contributed by atoms with E-state index >= 15 is 0 Å². The Morgan fingerprint density at radius 2 is 1.78 bits per heavy atom. The van der Waals surface area contributed by atoms with Gasteiger partial charge in [0.15, 0.2) is 0 Å². The Kier molecular flexibility index (Phi) is 3.29. The highest BCUT2D eigenvalue weighted by atomic mass is 14.1. The molecule has 0 aliphatic rings. The van der Waals surface area contributed by atoms with Crippen molar-refractivity contribution in [2.45, 2.75) is 27.2 Å². The first kappa shape index (κ1) is 8.48. The minimum absolute atomic E-state index is 0.600. The summed E-state index contributed by atoms with van der Waals surface area (Å²) in [6.07, 6.45) is 1.08. The molecule has 52 valence electrons. The summed E-state index contributed by atoms with van der Waals surface area (Å²) in [5.74, 6) is 0.600. The van der Waals surface area contributed by atoms with Crippen LogP contribution in [0.25, 0.3) is 0 Å². The van der Waals surface area contributed by atoms with E-state index < -0.39 is 0 Å². The van der Waals surface area contributed by atoms with E-state index in [1.807, 2.05) is 0 Å². The molecule has 0 spiro atoms. The summed E-state index contributed by atoms with van der Waals surface area (Å²) in [6, 6.07) is 0. The number of hydrogen-bond donors (Lipinski definition) is 0. The van der Waals surface area contributed by atoms with Gasteiger partial charge in [-0.2, -0.15) is 0 Å². The molecule has 1 atom stereocenters. The highest BCUT2D eigenvalue weighted by molar-refractivity contribution is 5.01. The Morgan fingerprint density at radius 1 is 1.33 bits per heavy atom. The molecule has 0 aromatic heterocycles. The zero-order valence-corrected chi connectivity index (χ0v) is 6.70. The Hall–Kier alpha value is -0.520. The maximum atomic E-state index is 3.87. The smallest absolute Gasteiger partial charge is 0.0200 e. The van der Waals surface area contributed by atoms with Crippen molar-refractivity contribution in [1.82, 2.24) is 0 Å². The molecule has 1 unspecified atom stereocenters. The van der Waals surface area contributed by atoms with Crippen molar-refractivity contribution in [2.75, 3.05) is 0 Å². The van der Waals surface area contributed by atoms with Crippen molar-refractivity contribution in [1.29, 1.82) is 0 Å². The van der Waals surface area contributed by atoms with E-state index in [0.29, 0.717) is 5.92 Å². The van der Waals surface area contributed by atoms with E-state index in [1.165, 1.54) is 11.1 Å². The lowest BCUT2D eigenvalue weighted by Gasteiger charge is -2.09. The first-order valence-electron chi connectivity index (χ1n) is 3.33. The monoisotopic (exact) mass is 124 g/mol. The molecule has 0 aliphatic heterocycles. The predicted molar refractivity (Wildman–Crippen MR) is 43.4 cm³/mol. The topological polar surface area (TPSA) is 0 Å². The normalized spacial score (nSPS) is 12.8. The SMILES string of the molecule is C=C(C)CC(C)C(=C)C. The Morgan fingerprint density at radius 3 is 1.89 bits per heavy atom. The van der Waals surface area contributed by atoms with E-state index in [0.717, 1.165) is 6.42 Å². The highest BCUT2D eigenvalue weighted by Gasteiger charge is 2.00. The molecule has 0 heteroatoms. The third-order valence-electron chi connectivity index (χ3n) is 1.50. The van der Waals surface area contributed by atoms with Crippen LogP contribution in [0.4, 0.5) is 0 Å². The molecule has 0 amide bonds. The Labute approximate surface area is 58.3 Å². The molecule has 0 aromatic rings. The summed E-state index contributed by atoms with van der Waals surface area (Å²) in [7, 11) is 0. The second kappa shape index (κ2) is 3.49. The molecule has 0 nitrogen and oxygen atoms in total. The van der Waals surface area contributed by atoms with Crippen LogP contribution >= 0.6 is 0 Å². The lowest BCUT2D eigenvalue weighted by Crippen LogP contribution is -1.94. The third kappa shape index (κ3) is 4.01. The van der Waals surface area contributed by atoms with E-state index in [-0.39, 0.29) is 0 Å². The van der Waals surface area contributed by atoms with E-state index in [4.69, 9.17) is 0 Å². The second-order valence-electron chi connectivity index (χ2n) is 2.91. The predicted octanol–water partition coefficient (Wildman–Crippen LogP) is 3.16. The fourth-order valence-corrected chi connectivity index (χ4v) is 0.697. The summed E-state index contributed by atoms with van der Waals surface area (Å²) in [5, 5.41) is 0. The summed E-state index contributed by atoms with van der Waals surface area (Å²) in [5.41, 5.74) is 2.49. The van der Waals surface area contributed by atoms with Crippen molar-refractivity contribution >= 4 is 0 Å². The first-order valence-corrected chi connectivity index (χ1v) is 3.33. The van der Waals surface area contributed by atoms with Crippen LogP contribution in [-0.4, -0.2) is 0 Å². The highest BCUT2D eigenvalue weighted by Crippen LogP contribution is 2.15. The van der Waals surface area contributed by atoms with Crippen molar-refractivity contribution < 1.29 is 0 Å². The molecular formula is C9H16. The van der Waals surface area contributed by atoms with Crippen molar-refractivity contribution in [3.8, 4) is 0 Å². The van der Waals surface area contributed by atoms with Crippen LogP contribution in [0.2, 0.25) is 0 Å². The van der Waals surface area contributed by atoms with E-state index in [9.17, 15) is 0 Å². The maximum Gasteiger partial charge on any atom is -0.0200 e. The molecule has 0 bridgehead atoms. The van der Waals surface area contributed by atoms with Crippen LogP contribution in [0.1, 0.15) is 27.2 Å². The maximum absolute atomic E-state index is 3.87. The van der Waals surface area contributed by atoms with Crippen molar-refractivity contribution in [3.05, 3.63) is 24.3 Å². The van der Waals surface area contributed by atoms with Crippen LogP contribution in [0.5, 0.6) is 0 Å². The van der Waals surface area contributed by atoms with Crippen molar-refractivity contribution in [3.63, 3.8) is 0 Å². The van der Waals surface area contributed by atoms with E-state index in [1.54, 1.807) is 0 Å². The molecule has 0 saturated carbocycles. The average Bonchev–Trinajstić information content (AvgIpc) is 1.63. The molecular weight excluding hydrogens is 108 g/mol. The first-order chi connectivity index (χ1) is 4.04. The fourth-order valence-electron chi connectivity index (χ4n) is 0.697. The van der Waals surface area contributed by atoms with Crippen LogP contribution in [0.3, 0.4) is 0 Å². The molecule has 0 aliphatic carbocycles.